The van der Waals surface area contributed by atoms with Crippen molar-refractivity contribution in [1.82, 2.24) is 9.55 Å². The van der Waals surface area contributed by atoms with E-state index in [0.29, 0.717) is 18.4 Å². The van der Waals surface area contributed by atoms with Gasteiger partial charge in [-0.2, -0.15) is 0 Å². The molecule has 1 aliphatic rings. The highest BCUT2D eigenvalue weighted by Crippen LogP contribution is 2.33. The third-order valence-electron chi connectivity index (χ3n) is 3.45. The number of nitrogens with one attached hydrogen (secondary N) is 1. The van der Waals surface area contributed by atoms with Gasteiger partial charge in [0.25, 0.3) is 5.56 Å². The second-order valence-electron chi connectivity index (χ2n) is 5.06. The van der Waals surface area contributed by atoms with Gasteiger partial charge in [-0.25, -0.2) is 4.98 Å². The summed E-state index contributed by atoms with van der Waals surface area (Å²) in [5, 5.41) is 12.3. The molecule has 3 rings (SSSR count). The van der Waals surface area contributed by atoms with Crippen LogP contribution in [0.5, 0.6) is 5.75 Å². The van der Waals surface area contributed by atoms with Crippen molar-refractivity contribution in [2.45, 2.75) is 25.3 Å². The van der Waals surface area contributed by atoms with Crippen LogP contribution in [0, 0.1) is 0 Å². The van der Waals surface area contributed by atoms with Crippen LogP contribution in [0.4, 0.5) is 5.82 Å². The van der Waals surface area contributed by atoms with Gasteiger partial charge < -0.3 is 15.0 Å². The second kappa shape index (κ2) is 5.36. The molecule has 0 spiro atoms. The number of hydrogen-bond acceptors (Lipinski definition) is 4. The van der Waals surface area contributed by atoms with Gasteiger partial charge in [0, 0.05) is 25.0 Å². The average molecular weight is 271 g/mol. The van der Waals surface area contributed by atoms with Crippen LogP contribution in [0.3, 0.4) is 0 Å². The van der Waals surface area contributed by atoms with Gasteiger partial charge in [-0.1, -0.05) is 12.1 Å². The smallest absolute Gasteiger partial charge is 0.293 e. The van der Waals surface area contributed by atoms with Gasteiger partial charge in [0.1, 0.15) is 5.75 Å². The van der Waals surface area contributed by atoms with Crippen LogP contribution in [0.2, 0.25) is 0 Å². The van der Waals surface area contributed by atoms with Crippen LogP contribution in [-0.4, -0.2) is 21.2 Å². The lowest BCUT2D eigenvalue weighted by molar-refractivity contribution is 0.475. The summed E-state index contributed by atoms with van der Waals surface area (Å²) in [6.45, 7) is 0.641. The zero-order chi connectivity index (χ0) is 13.9. The van der Waals surface area contributed by atoms with Gasteiger partial charge in [-0.3, -0.25) is 4.79 Å². The van der Waals surface area contributed by atoms with E-state index < -0.39 is 0 Å². The molecular weight excluding hydrogens is 254 g/mol. The molecule has 1 heterocycles. The topological polar surface area (TPSA) is 67.2 Å². The first-order valence-electron chi connectivity index (χ1n) is 6.83. The number of benzene rings is 1. The number of aromatic nitrogens is 2. The van der Waals surface area contributed by atoms with Crippen LogP contribution in [-0.2, 0) is 6.42 Å². The molecule has 2 aromatic rings. The number of phenols is 1. The van der Waals surface area contributed by atoms with Gasteiger partial charge in [-0.15, -0.1) is 0 Å². The molecule has 1 saturated carbocycles. The molecule has 104 valence electrons. The average Bonchev–Trinajstić information content (AvgIpc) is 3.27. The first-order chi connectivity index (χ1) is 9.74. The summed E-state index contributed by atoms with van der Waals surface area (Å²) in [5.74, 6) is 0.678. The number of hydrogen-bond donors (Lipinski definition) is 2. The largest absolute Gasteiger partial charge is 0.508 e. The van der Waals surface area contributed by atoms with E-state index in [2.05, 4.69) is 10.3 Å². The summed E-state index contributed by atoms with van der Waals surface area (Å²) < 4.78 is 1.76. The maximum Gasteiger partial charge on any atom is 0.293 e. The SMILES string of the molecule is O=c1c(NCCc2ccc(O)cc2)nccn1C1CC1. The molecule has 1 aromatic heterocycles. The first kappa shape index (κ1) is 12.7. The van der Waals surface area contributed by atoms with Gasteiger partial charge in [-0.05, 0) is 37.0 Å². The molecular formula is C15H17N3O2. The monoisotopic (exact) mass is 271 g/mol. The number of anilines is 1. The van der Waals surface area contributed by atoms with Crippen LogP contribution < -0.4 is 10.9 Å². The van der Waals surface area contributed by atoms with Crippen molar-refractivity contribution < 1.29 is 5.11 Å². The maximum absolute atomic E-state index is 12.1. The van der Waals surface area contributed by atoms with Crippen molar-refractivity contribution in [3.63, 3.8) is 0 Å². The Kier molecular flexibility index (Phi) is 3.41. The summed E-state index contributed by atoms with van der Waals surface area (Å²) in [7, 11) is 0. The van der Waals surface area contributed by atoms with Gasteiger partial charge in [0.2, 0.25) is 0 Å². The fraction of sp³-hybridized carbons (Fsp3) is 0.333. The molecule has 0 radical (unpaired) electrons. The fourth-order valence-corrected chi connectivity index (χ4v) is 2.17. The molecule has 1 aromatic carbocycles. The van der Waals surface area contributed by atoms with Crippen molar-refractivity contribution in [2.75, 3.05) is 11.9 Å². The fourth-order valence-electron chi connectivity index (χ4n) is 2.17. The van der Waals surface area contributed by atoms with Gasteiger partial charge in [0.15, 0.2) is 5.82 Å². The van der Waals surface area contributed by atoms with Crippen molar-refractivity contribution in [3.05, 3.63) is 52.6 Å². The Morgan fingerprint density at radius 2 is 2.05 bits per heavy atom. The molecule has 0 unspecified atom stereocenters. The van der Waals surface area contributed by atoms with E-state index >= 15 is 0 Å². The van der Waals surface area contributed by atoms with E-state index in [-0.39, 0.29) is 11.3 Å². The van der Waals surface area contributed by atoms with Gasteiger partial charge >= 0.3 is 0 Å². The van der Waals surface area contributed by atoms with Crippen LogP contribution in [0.15, 0.2) is 41.5 Å². The summed E-state index contributed by atoms with van der Waals surface area (Å²) in [6, 6.07) is 7.44. The Hall–Kier alpha value is -2.30. The highest BCUT2D eigenvalue weighted by atomic mass is 16.3. The second-order valence-corrected chi connectivity index (χ2v) is 5.06. The van der Waals surface area contributed by atoms with Gasteiger partial charge in [0.05, 0.1) is 0 Å². The quantitative estimate of drug-likeness (QED) is 0.872. The van der Waals surface area contributed by atoms with E-state index in [9.17, 15) is 9.90 Å². The first-order valence-corrected chi connectivity index (χ1v) is 6.83. The van der Waals surface area contributed by atoms with Crippen LogP contribution in [0.1, 0.15) is 24.4 Å². The number of phenolic OH excluding ortho intramolecular Hbond substituents is 1. The molecule has 1 aliphatic carbocycles. The van der Waals surface area contributed by atoms with Crippen LogP contribution >= 0.6 is 0 Å². The molecule has 0 bridgehead atoms. The Balaban J connectivity index is 1.62. The normalized spacial score (nSPS) is 14.2. The molecule has 5 heteroatoms. The molecule has 5 nitrogen and oxygen atoms in total. The molecule has 0 saturated heterocycles. The van der Waals surface area contributed by atoms with Crippen molar-refractivity contribution in [2.24, 2.45) is 0 Å². The minimum Gasteiger partial charge on any atom is -0.508 e. The molecule has 0 atom stereocenters. The van der Waals surface area contributed by atoms with Crippen molar-refractivity contribution in [3.8, 4) is 5.75 Å². The number of aromatic hydroxyl groups is 1. The highest BCUT2D eigenvalue weighted by Gasteiger charge is 2.25. The van der Waals surface area contributed by atoms with E-state index in [1.165, 1.54) is 0 Å². The lowest BCUT2D eigenvalue weighted by Crippen LogP contribution is -2.24. The Labute approximate surface area is 116 Å². The minimum atomic E-state index is -0.0410. The van der Waals surface area contributed by atoms with E-state index in [0.717, 1.165) is 24.8 Å². The van der Waals surface area contributed by atoms with Crippen molar-refractivity contribution in [1.29, 1.82) is 0 Å². The molecule has 2 N–H and O–H groups in total. The third kappa shape index (κ3) is 2.82. The number of rotatable bonds is 5. The molecule has 1 fully saturated rings. The van der Waals surface area contributed by atoms with Crippen LogP contribution in [0.25, 0.3) is 0 Å². The summed E-state index contributed by atoms with van der Waals surface area (Å²) >= 11 is 0. The zero-order valence-electron chi connectivity index (χ0n) is 11.1. The predicted octanol–water partition coefficient (Wildman–Crippen LogP) is 1.94. The minimum absolute atomic E-state index is 0.0410. The molecule has 0 amide bonds. The van der Waals surface area contributed by atoms with Crippen molar-refractivity contribution >= 4 is 5.82 Å². The lowest BCUT2D eigenvalue weighted by Gasteiger charge is -2.08. The molecule has 20 heavy (non-hydrogen) atoms. The van der Waals surface area contributed by atoms with E-state index in [4.69, 9.17) is 0 Å². The van der Waals surface area contributed by atoms with E-state index in [1.807, 2.05) is 12.1 Å². The zero-order valence-corrected chi connectivity index (χ0v) is 11.1. The Morgan fingerprint density at radius 1 is 1.30 bits per heavy atom. The summed E-state index contributed by atoms with van der Waals surface area (Å²) in [6.07, 6.45) is 6.36. The highest BCUT2D eigenvalue weighted by molar-refractivity contribution is 5.32. The number of nitrogens with zero attached hydrogens (tertiary/aromatic N) is 2. The summed E-state index contributed by atoms with van der Waals surface area (Å²) in [4.78, 5) is 16.3. The summed E-state index contributed by atoms with van der Waals surface area (Å²) in [5.41, 5.74) is 1.06. The molecule has 0 aliphatic heterocycles. The lowest BCUT2D eigenvalue weighted by atomic mass is 10.1. The third-order valence-corrected chi connectivity index (χ3v) is 3.45. The van der Waals surface area contributed by atoms with E-state index in [1.54, 1.807) is 29.1 Å². The standard InChI is InChI=1S/C15H17N3O2/c19-13-5-1-11(2-6-13)7-8-16-14-15(20)18(10-9-17-14)12-3-4-12/h1-2,5-6,9-10,12,19H,3-4,7-8H2,(H,16,17). The Bertz CT molecular complexity index is 645. The predicted molar refractivity (Wildman–Crippen MR) is 77.1 cm³/mol. The maximum atomic E-state index is 12.1. The Morgan fingerprint density at radius 3 is 2.75 bits per heavy atom.